The second kappa shape index (κ2) is 10.4. The number of fused-ring (bicyclic) bond motifs is 3. The van der Waals surface area contributed by atoms with Crippen LogP contribution in [0.5, 0.6) is 11.5 Å². The highest BCUT2D eigenvalue weighted by molar-refractivity contribution is 6.31. The Labute approximate surface area is 212 Å². The van der Waals surface area contributed by atoms with Gasteiger partial charge in [0, 0.05) is 41.0 Å². The lowest BCUT2D eigenvalue weighted by molar-refractivity contribution is 0.0731. The summed E-state index contributed by atoms with van der Waals surface area (Å²) in [5.74, 6) is 2.47. The molecule has 1 aliphatic rings. The number of aromatic nitrogens is 4. The predicted octanol–water partition coefficient (Wildman–Crippen LogP) is 5.00. The van der Waals surface area contributed by atoms with Gasteiger partial charge in [0.15, 0.2) is 11.5 Å². The molecule has 0 amide bonds. The third-order valence-corrected chi connectivity index (χ3v) is 6.68. The standard InChI is InChI=1S/C25H27ClF2N6O2/c1-35-18-7-5-15(21(11-18)36-2)12-29-25-30-20-10-17(26)6-8-19(20)24-31-23(32-34(24)25)16-4-3-9-33(13-16)14-22(27)28/h5-8,10-11,16,22H,3-4,9,12-14H2,1-2H3,(H,29,30). The van der Waals surface area contributed by atoms with Crippen LogP contribution in [0.1, 0.15) is 30.1 Å². The number of piperidine rings is 1. The number of likely N-dealkylation sites (tertiary alicyclic amines) is 1. The summed E-state index contributed by atoms with van der Waals surface area (Å²) < 4.78 is 38.5. The number of alkyl halides is 2. The number of benzene rings is 2. The van der Waals surface area contributed by atoms with Crippen molar-refractivity contribution in [1.29, 1.82) is 0 Å². The van der Waals surface area contributed by atoms with Crippen molar-refractivity contribution in [2.24, 2.45) is 0 Å². The average molecular weight is 517 g/mol. The molecule has 1 aliphatic heterocycles. The maximum Gasteiger partial charge on any atom is 0.251 e. The summed E-state index contributed by atoms with van der Waals surface area (Å²) in [6.45, 7) is 1.35. The van der Waals surface area contributed by atoms with Crippen LogP contribution in [0.2, 0.25) is 5.02 Å². The van der Waals surface area contributed by atoms with Crippen molar-refractivity contribution in [3.05, 3.63) is 52.8 Å². The maximum atomic E-state index is 13.0. The molecular weight excluding hydrogens is 490 g/mol. The van der Waals surface area contributed by atoms with E-state index in [9.17, 15) is 8.78 Å². The molecule has 1 fully saturated rings. The van der Waals surface area contributed by atoms with E-state index in [1.807, 2.05) is 24.3 Å². The summed E-state index contributed by atoms with van der Waals surface area (Å²) in [4.78, 5) is 11.4. The topological polar surface area (TPSA) is 76.8 Å². The first kappa shape index (κ1) is 24.5. The van der Waals surface area contributed by atoms with Crippen molar-refractivity contribution < 1.29 is 18.3 Å². The van der Waals surface area contributed by atoms with Gasteiger partial charge in [-0.2, -0.15) is 4.52 Å². The van der Waals surface area contributed by atoms with E-state index in [0.29, 0.717) is 59.1 Å². The third kappa shape index (κ3) is 5.01. The molecule has 0 aliphatic carbocycles. The van der Waals surface area contributed by atoms with Gasteiger partial charge in [0.2, 0.25) is 5.95 Å². The van der Waals surface area contributed by atoms with Gasteiger partial charge in [-0.1, -0.05) is 11.6 Å². The summed E-state index contributed by atoms with van der Waals surface area (Å²) in [6.07, 6.45) is -0.690. The van der Waals surface area contributed by atoms with Gasteiger partial charge in [-0.15, -0.1) is 5.10 Å². The zero-order chi connectivity index (χ0) is 25.2. The van der Waals surface area contributed by atoms with E-state index in [2.05, 4.69) is 5.32 Å². The smallest absolute Gasteiger partial charge is 0.251 e. The highest BCUT2D eigenvalue weighted by Gasteiger charge is 2.27. The van der Waals surface area contributed by atoms with Crippen molar-refractivity contribution in [3.8, 4) is 11.5 Å². The number of rotatable bonds is 8. The molecule has 8 nitrogen and oxygen atoms in total. The number of anilines is 1. The Morgan fingerprint density at radius 2 is 2.00 bits per heavy atom. The fourth-order valence-electron chi connectivity index (χ4n) is 4.68. The van der Waals surface area contributed by atoms with E-state index in [0.717, 1.165) is 23.8 Å². The molecule has 0 radical (unpaired) electrons. The molecule has 1 unspecified atom stereocenters. The van der Waals surface area contributed by atoms with Crippen LogP contribution in [0.3, 0.4) is 0 Å². The zero-order valence-electron chi connectivity index (χ0n) is 20.0. The summed E-state index contributed by atoms with van der Waals surface area (Å²) in [7, 11) is 3.22. The molecule has 1 atom stereocenters. The minimum absolute atomic E-state index is 0.0331. The van der Waals surface area contributed by atoms with Crippen molar-refractivity contribution in [1.82, 2.24) is 24.5 Å². The molecule has 4 aromatic rings. The van der Waals surface area contributed by atoms with Crippen LogP contribution < -0.4 is 14.8 Å². The Morgan fingerprint density at radius 1 is 1.14 bits per heavy atom. The Morgan fingerprint density at radius 3 is 2.78 bits per heavy atom. The summed E-state index contributed by atoms with van der Waals surface area (Å²) in [6, 6.07) is 11.1. The number of halogens is 3. The van der Waals surface area contributed by atoms with Crippen LogP contribution in [0.25, 0.3) is 16.6 Å². The molecule has 2 aromatic carbocycles. The van der Waals surface area contributed by atoms with E-state index >= 15 is 0 Å². The Balaban J connectivity index is 1.51. The van der Waals surface area contributed by atoms with Crippen molar-refractivity contribution in [3.63, 3.8) is 0 Å². The Hall–Kier alpha value is -3.24. The number of methoxy groups -OCH3 is 2. The van der Waals surface area contributed by atoms with Gasteiger partial charge in [-0.05, 0) is 49.7 Å². The normalized spacial score (nSPS) is 16.7. The van der Waals surface area contributed by atoms with Gasteiger partial charge in [0.1, 0.15) is 11.5 Å². The van der Waals surface area contributed by atoms with E-state index in [1.54, 1.807) is 35.8 Å². The number of hydrogen-bond donors (Lipinski definition) is 1. The lowest BCUT2D eigenvalue weighted by Gasteiger charge is -2.30. The van der Waals surface area contributed by atoms with Gasteiger partial charge in [-0.25, -0.2) is 18.7 Å². The summed E-state index contributed by atoms with van der Waals surface area (Å²) >= 11 is 6.25. The van der Waals surface area contributed by atoms with Gasteiger partial charge < -0.3 is 14.8 Å². The third-order valence-electron chi connectivity index (χ3n) is 6.45. The monoisotopic (exact) mass is 516 g/mol. The second-order valence-corrected chi connectivity index (χ2v) is 9.26. The van der Waals surface area contributed by atoms with E-state index < -0.39 is 6.43 Å². The first-order valence-corrected chi connectivity index (χ1v) is 12.1. The minimum atomic E-state index is -2.36. The molecule has 0 saturated carbocycles. The van der Waals surface area contributed by atoms with Gasteiger partial charge in [0.25, 0.3) is 6.43 Å². The van der Waals surface area contributed by atoms with E-state index in [1.165, 1.54) is 0 Å². The minimum Gasteiger partial charge on any atom is -0.497 e. The van der Waals surface area contributed by atoms with E-state index in [4.69, 9.17) is 36.1 Å². The summed E-state index contributed by atoms with van der Waals surface area (Å²) in [5, 5.41) is 9.52. The zero-order valence-corrected chi connectivity index (χ0v) is 20.8. The average Bonchev–Trinajstić information content (AvgIpc) is 3.32. The lowest BCUT2D eigenvalue weighted by atomic mass is 9.97. The van der Waals surface area contributed by atoms with Crippen molar-refractivity contribution in [2.45, 2.75) is 31.7 Å². The van der Waals surface area contributed by atoms with Gasteiger partial charge in [-0.3, -0.25) is 4.90 Å². The molecule has 11 heteroatoms. The highest BCUT2D eigenvalue weighted by atomic mass is 35.5. The molecule has 1 saturated heterocycles. The lowest BCUT2D eigenvalue weighted by Crippen LogP contribution is -2.37. The molecule has 3 heterocycles. The SMILES string of the molecule is COc1ccc(CNc2nc3cc(Cl)ccc3c3nc(C4CCCN(CC(F)F)C4)nn23)c(OC)c1. The number of ether oxygens (including phenoxy) is 2. The molecule has 36 heavy (non-hydrogen) atoms. The quantitative estimate of drug-likeness (QED) is 0.353. The fourth-order valence-corrected chi connectivity index (χ4v) is 4.85. The molecule has 0 spiro atoms. The van der Waals surface area contributed by atoms with Crippen LogP contribution in [-0.4, -0.2) is 64.8 Å². The van der Waals surface area contributed by atoms with Crippen LogP contribution in [0, 0.1) is 0 Å². The maximum absolute atomic E-state index is 13.0. The number of nitrogens with one attached hydrogen (secondary N) is 1. The molecule has 1 N–H and O–H groups in total. The largest absolute Gasteiger partial charge is 0.497 e. The number of hydrogen-bond acceptors (Lipinski definition) is 7. The van der Waals surface area contributed by atoms with Crippen LogP contribution in [0.15, 0.2) is 36.4 Å². The van der Waals surface area contributed by atoms with Crippen LogP contribution in [0.4, 0.5) is 14.7 Å². The highest BCUT2D eigenvalue weighted by Crippen LogP contribution is 2.30. The molecule has 190 valence electrons. The fraction of sp³-hybridized carbons (Fsp3) is 0.400. The van der Waals surface area contributed by atoms with Crippen LogP contribution in [-0.2, 0) is 6.54 Å². The van der Waals surface area contributed by atoms with Crippen LogP contribution >= 0.6 is 11.6 Å². The molecular formula is C25H27ClF2N6O2. The van der Waals surface area contributed by atoms with E-state index in [-0.39, 0.29) is 12.5 Å². The molecule has 5 rings (SSSR count). The van der Waals surface area contributed by atoms with Gasteiger partial charge in [0.05, 0.1) is 26.3 Å². The van der Waals surface area contributed by atoms with Crippen molar-refractivity contribution >= 4 is 34.1 Å². The first-order valence-electron chi connectivity index (χ1n) is 11.8. The number of nitrogens with zero attached hydrogens (tertiary/aromatic N) is 5. The summed E-state index contributed by atoms with van der Waals surface area (Å²) in [5.41, 5.74) is 2.23. The first-order chi connectivity index (χ1) is 17.4. The Bertz CT molecular complexity index is 1380. The van der Waals surface area contributed by atoms with Gasteiger partial charge >= 0.3 is 0 Å². The molecule has 2 aromatic heterocycles. The second-order valence-electron chi connectivity index (χ2n) is 8.82. The Kier molecular flexibility index (Phi) is 7.06. The predicted molar refractivity (Wildman–Crippen MR) is 135 cm³/mol. The van der Waals surface area contributed by atoms with Crippen molar-refractivity contribution in [2.75, 3.05) is 39.2 Å². The molecule has 0 bridgehead atoms.